The summed E-state index contributed by atoms with van der Waals surface area (Å²) in [4.78, 5) is 27.1. The molecule has 4 heterocycles. The molecule has 2 aromatic carbocycles. The molecule has 14 N–H and O–H groups in total. The first-order chi connectivity index (χ1) is 29.9. The van der Waals surface area contributed by atoms with Crippen LogP contribution in [0.3, 0.4) is 0 Å². The van der Waals surface area contributed by atoms with Crippen molar-refractivity contribution >= 4 is 11.6 Å². The number of carbonyl (C=O) groups is 2. The SMILES string of the molecule is Cc1cc(O[C@H]2O[C@@H](CO[C@@H]3O[C@H](CO)[C@@H](O)[C@H](O[C@@H]4O[C@H](CO[C@@H]5O[C@H](CO)[C@@H](O)[C@H](O)[C@H]5O)[C@@H](O)[C@H](O)[C@H]4O)[C@H]3O)[C@@H](O)[C@H](O)[C@H]2O)c2c(c1)C(=O)c1cccc(O)c1C2=O. The van der Waals surface area contributed by atoms with Crippen molar-refractivity contribution in [2.24, 2.45) is 0 Å². The number of hydrogen-bond acceptors (Lipinski definition) is 24. The average Bonchev–Trinajstić information content (AvgIpc) is 3.26. The lowest BCUT2D eigenvalue weighted by Gasteiger charge is -2.46. The van der Waals surface area contributed by atoms with Gasteiger partial charge in [-0.2, -0.15) is 0 Å². The van der Waals surface area contributed by atoms with Gasteiger partial charge < -0.3 is 109 Å². The van der Waals surface area contributed by atoms with Gasteiger partial charge in [-0.15, -0.1) is 0 Å². The van der Waals surface area contributed by atoms with Gasteiger partial charge >= 0.3 is 0 Å². The Morgan fingerprint density at radius 3 is 1.60 bits per heavy atom. The van der Waals surface area contributed by atoms with Gasteiger partial charge in [0.15, 0.2) is 24.7 Å². The first-order valence-corrected chi connectivity index (χ1v) is 19.8. The molecule has 5 aliphatic rings. The predicted molar refractivity (Wildman–Crippen MR) is 198 cm³/mol. The Morgan fingerprint density at radius 2 is 1.02 bits per heavy atom. The highest BCUT2D eigenvalue weighted by Crippen LogP contribution is 2.39. The van der Waals surface area contributed by atoms with Gasteiger partial charge in [0.2, 0.25) is 12.1 Å². The summed E-state index contributed by atoms with van der Waals surface area (Å²) in [6.45, 7) is -1.60. The molecule has 0 spiro atoms. The number of aliphatic hydroxyl groups excluding tert-OH is 13. The molecule has 350 valence electrons. The van der Waals surface area contributed by atoms with Crippen molar-refractivity contribution in [2.45, 2.75) is 130 Å². The quantitative estimate of drug-likeness (QED) is 0.0803. The number of fused-ring (bicyclic) bond motifs is 2. The summed E-state index contributed by atoms with van der Waals surface area (Å²) in [6, 6.07) is 6.77. The van der Waals surface area contributed by atoms with Gasteiger partial charge in [-0.1, -0.05) is 12.1 Å². The Morgan fingerprint density at radius 1 is 0.524 bits per heavy atom. The summed E-state index contributed by atoms with van der Waals surface area (Å²) in [7, 11) is 0. The number of phenolic OH excluding ortho intramolecular Hbond substituents is 1. The molecule has 20 atom stereocenters. The minimum atomic E-state index is -2.05. The van der Waals surface area contributed by atoms with Crippen LogP contribution in [0.25, 0.3) is 0 Å². The summed E-state index contributed by atoms with van der Waals surface area (Å²) >= 11 is 0. The van der Waals surface area contributed by atoms with Crippen LogP contribution in [0.2, 0.25) is 0 Å². The second-order valence-electron chi connectivity index (χ2n) is 15.9. The summed E-state index contributed by atoms with van der Waals surface area (Å²) in [6.07, 6.45) is -36.4. The zero-order valence-corrected chi connectivity index (χ0v) is 33.1. The van der Waals surface area contributed by atoms with E-state index in [1.54, 1.807) is 6.92 Å². The second-order valence-corrected chi connectivity index (χ2v) is 15.9. The number of hydrogen-bond donors (Lipinski definition) is 14. The number of ether oxygens (including phenoxy) is 8. The topological polar surface area (TPSA) is 391 Å². The van der Waals surface area contributed by atoms with Gasteiger partial charge in [0.1, 0.15) is 109 Å². The Balaban J connectivity index is 1.03. The van der Waals surface area contributed by atoms with Crippen LogP contribution in [-0.4, -0.2) is 232 Å². The van der Waals surface area contributed by atoms with Crippen molar-refractivity contribution in [2.75, 3.05) is 26.4 Å². The van der Waals surface area contributed by atoms with Crippen molar-refractivity contribution in [3.8, 4) is 11.5 Å². The van der Waals surface area contributed by atoms with E-state index < -0.39 is 167 Å². The molecular formula is C39H50O24. The molecule has 0 saturated carbocycles. The predicted octanol–water partition coefficient (Wildman–Crippen LogP) is -6.87. The minimum Gasteiger partial charge on any atom is -0.507 e. The Labute approximate surface area is 356 Å². The minimum absolute atomic E-state index is 0.0489. The average molecular weight is 903 g/mol. The van der Waals surface area contributed by atoms with E-state index in [4.69, 9.17) is 37.9 Å². The van der Waals surface area contributed by atoms with E-state index in [0.717, 1.165) is 0 Å². The number of aliphatic hydroxyl groups is 13. The second kappa shape index (κ2) is 19.2. The molecule has 0 bridgehead atoms. The Hall–Kier alpha value is -3.42. The zero-order valence-electron chi connectivity index (χ0n) is 33.1. The molecule has 24 heteroatoms. The van der Waals surface area contributed by atoms with E-state index >= 15 is 0 Å². The van der Waals surface area contributed by atoms with Crippen molar-refractivity contribution < 1.29 is 119 Å². The Bertz CT molecular complexity index is 1950. The number of rotatable bonds is 12. The third-order valence-electron chi connectivity index (χ3n) is 11.6. The van der Waals surface area contributed by atoms with E-state index in [1.807, 2.05) is 0 Å². The molecule has 0 radical (unpaired) electrons. The van der Waals surface area contributed by atoms with Crippen LogP contribution < -0.4 is 4.74 Å². The molecule has 24 nitrogen and oxygen atoms in total. The number of ketones is 2. The molecule has 4 fully saturated rings. The summed E-state index contributed by atoms with van der Waals surface area (Å²) < 4.78 is 44.8. The van der Waals surface area contributed by atoms with E-state index in [2.05, 4.69) is 0 Å². The normalized spacial score (nSPS) is 41.8. The molecule has 0 unspecified atom stereocenters. The van der Waals surface area contributed by atoms with Crippen LogP contribution in [0.5, 0.6) is 11.5 Å². The van der Waals surface area contributed by atoms with E-state index in [9.17, 15) is 81.1 Å². The fourth-order valence-electron chi connectivity index (χ4n) is 8.03. The summed E-state index contributed by atoms with van der Waals surface area (Å²) in [5.41, 5.74) is -0.243. The fraction of sp³-hybridized carbons (Fsp3) is 0.641. The van der Waals surface area contributed by atoms with Crippen molar-refractivity contribution in [3.63, 3.8) is 0 Å². The number of benzene rings is 2. The molecule has 2 aromatic rings. The lowest BCUT2D eigenvalue weighted by Crippen LogP contribution is -2.65. The maximum atomic E-state index is 13.7. The zero-order chi connectivity index (χ0) is 45.8. The monoisotopic (exact) mass is 902 g/mol. The number of carbonyl (C=O) groups excluding carboxylic acids is 2. The molecule has 63 heavy (non-hydrogen) atoms. The lowest BCUT2D eigenvalue weighted by molar-refractivity contribution is -0.369. The van der Waals surface area contributed by atoms with Crippen molar-refractivity contribution in [1.29, 1.82) is 0 Å². The molecule has 1 aliphatic carbocycles. The molecule has 4 aliphatic heterocycles. The maximum absolute atomic E-state index is 13.7. The molecule has 0 amide bonds. The summed E-state index contributed by atoms with van der Waals surface area (Å²) in [5.74, 6) is -2.13. The van der Waals surface area contributed by atoms with Crippen LogP contribution in [0.15, 0.2) is 30.3 Å². The number of phenols is 1. The van der Waals surface area contributed by atoms with Gasteiger partial charge in [0.25, 0.3) is 0 Å². The third kappa shape index (κ3) is 8.97. The first kappa shape index (κ1) is 47.5. The number of aromatic hydroxyl groups is 1. The van der Waals surface area contributed by atoms with Crippen LogP contribution >= 0.6 is 0 Å². The van der Waals surface area contributed by atoms with E-state index in [1.165, 1.54) is 30.3 Å². The smallest absolute Gasteiger partial charge is 0.229 e. The molecule has 0 aromatic heterocycles. The first-order valence-electron chi connectivity index (χ1n) is 19.8. The van der Waals surface area contributed by atoms with E-state index in [-0.39, 0.29) is 28.0 Å². The molecule has 7 rings (SSSR count). The van der Waals surface area contributed by atoms with E-state index in [0.29, 0.717) is 5.56 Å². The van der Waals surface area contributed by atoms with Crippen LogP contribution in [0, 0.1) is 6.92 Å². The van der Waals surface area contributed by atoms with Crippen LogP contribution in [-0.2, 0) is 33.2 Å². The summed E-state index contributed by atoms with van der Waals surface area (Å²) in [5, 5.41) is 147. The standard InChI is InChI=1S/C39H50O24/c1-11-5-13-21(27(48)20-12(22(13)43)3-2-4-14(20)42)15(6-11)58-38-32(53)29(50)24(45)18(61-38)10-57-37-34(55)35(26(47)17(8-41)60-37)63-39-33(54)30(51)25(46)19(62-39)9-56-36-31(52)28(49)23(44)16(7-40)59-36/h2-6,16-19,23-26,28-42,44-47,49-55H,7-10H2,1H3/t16-,17-,18+,19-,23-,24-,25-,26-,28+,29+,30+,31-,32-,33-,34-,35+,36-,37-,38+,39+/m1/s1. The van der Waals surface area contributed by atoms with Crippen LogP contribution in [0.1, 0.15) is 37.4 Å². The number of aryl methyl sites for hydroxylation is 1. The van der Waals surface area contributed by atoms with Gasteiger partial charge in [-0.3, -0.25) is 9.59 Å². The fourth-order valence-corrected chi connectivity index (χ4v) is 8.03. The highest BCUT2D eigenvalue weighted by molar-refractivity contribution is 6.30. The Kier molecular flexibility index (Phi) is 14.5. The van der Waals surface area contributed by atoms with Crippen LogP contribution in [0.4, 0.5) is 0 Å². The highest BCUT2D eigenvalue weighted by atomic mass is 16.8. The third-order valence-corrected chi connectivity index (χ3v) is 11.6. The molecule has 4 saturated heterocycles. The van der Waals surface area contributed by atoms with Crippen molar-refractivity contribution in [1.82, 2.24) is 0 Å². The van der Waals surface area contributed by atoms with Crippen molar-refractivity contribution in [3.05, 3.63) is 58.1 Å². The van der Waals surface area contributed by atoms with Gasteiger partial charge in [-0.05, 0) is 30.7 Å². The van der Waals surface area contributed by atoms with Gasteiger partial charge in [0, 0.05) is 11.1 Å². The maximum Gasteiger partial charge on any atom is 0.229 e. The van der Waals surface area contributed by atoms with Gasteiger partial charge in [-0.25, -0.2) is 0 Å². The lowest BCUT2D eigenvalue weighted by atomic mass is 9.82. The largest absolute Gasteiger partial charge is 0.507 e. The molecular weight excluding hydrogens is 852 g/mol. The van der Waals surface area contributed by atoms with Gasteiger partial charge in [0.05, 0.1) is 37.6 Å². The highest BCUT2D eigenvalue weighted by Gasteiger charge is 2.53.